The fourth-order valence-electron chi connectivity index (χ4n) is 4.19. The summed E-state index contributed by atoms with van der Waals surface area (Å²) < 4.78 is 5.67. The van der Waals surface area contributed by atoms with E-state index in [1.807, 2.05) is 0 Å². The third kappa shape index (κ3) is 4.54. The molecule has 2 heterocycles. The van der Waals surface area contributed by atoms with E-state index in [0.29, 0.717) is 6.42 Å². The first-order valence-corrected chi connectivity index (χ1v) is 10.5. The second-order valence-electron chi connectivity index (χ2n) is 8.41. The van der Waals surface area contributed by atoms with Crippen LogP contribution in [0.3, 0.4) is 0 Å². The van der Waals surface area contributed by atoms with Gasteiger partial charge in [-0.15, -0.1) is 0 Å². The van der Waals surface area contributed by atoms with Crippen LogP contribution in [0.2, 0.25) is 0 Å². The SMILES string of the molecule is Cc1cc2occ(CC(=O)NC3CCN(Cc4ccccc4C)CC3)c2cc1C. The largest absolute Gasteiger partial charge is 0.464 e. The number of furan rings is 1. The molecule has 29 heavy (non-hydrogen) atoms. The molecule has 1 aliphatic rings. The quantitative estimate of drug-likeness (QED) is 0.688. The predicted molar refractivity (Wildman–Crippen MR) is 117 cm³/mol. The van der Waals surface area contributed by atoms with Crippen molar-refractivity contribution in [1.82, 2.24) is 10.2 Å². The van der Waals surface area contributed by atoms with E-state index in [-0.39, 0.29) is 11.9 Å². The average Bonchev–Trinajstić information content (AvgIpc) is 3.07. The maximum absolute atomic E-state index is 12.6. The molecule has 152 valence electrons. The van der Waals surface area contributed by atoms with Crippen molar-refractivity contribution in [2.75, 3.05) is 13.1 Å². The topological polar surface area (TPSA) is 45.5 Å². The highest BCUT2D eigenvalue weighted by Gasteiger charge is 2.21. The van der Waals surface area contributed by atoms with E-state index in [0.717, 1.165) is 49.0 Å². The van der Waals surface area contributed by atoms with Gasteiger partial charge < -0.3 is 9.73 Å². The normalized spacial score (nSPS) is 15.7. The number of hydrogen-bond donors (Lipinski definition) is 1. The highest BCUT2D eigenvalue weighted by molar-refractivity contribution is 5.88. The molecule has 0 bridgehead atoms. The zero-order chi connectivity index (χ0) is 20.4. The highest BCUT2D eigenvalue weighted by atomic mass is 16.3. The van der Waals surface area contributed by atoms with E-state index in [4.69, 9.17) is 4.42 Å². The van der Waals surface area contributed by atoms with Crippen LogP contribution in [0.25, 0.3) is 11.0 Å². The molecule has 0 radical (unpaired) electrons. The molecule has 2 aromatic carbocycles. The van der Waals surface area contributed by atoms with Gasteiger partial charge in [0.15, 0.2) is 0 Å². The molecule has 0 saturated carbocycles. The van der Waals surface area contributed by atoms with Gasteiger partial charge in [-0.3, -0.25) is 9.69 Å². The Balaban J connectivity index is 1.30. The molecule has 0 aliphatic carbocycles. The van der Waals surface area contributed by atoms with Crippen molar-refractivity contribution < 1.29 is 9.21 Å². The molecular formula is C25H30N2O2. The minimum absolute atomic E-state index is 0.0864. The summed E-state index contributed by atoms with van der Waals surface area (Å²) in [5.41, 5.74) is 7.01. The lowest BCUT2D eigenvalue weighted by atomic mass is 10.0. The van der Waals surface area contributed by atoms with Gasteiger partial charge in [0.05, 0.1) is 12.7 Å². The minimum atomic E-state index is 0.0864. The fourth-order valence-corrected chi connectivity index (χ4v) is 4.19. The number of likely N-dealkylation sites (tertiary alicyclic amines) is 1. The third-order valence-corrected chi connectivity index (χ3v) is 6.23. The lowest BCUT2D eigenvalue weighted by Gasteiger charge is -2.32. The van der Waals surface area contributed by atoms with Gasteiger partial charge >= 0.3 is 0 Å². The number of carbonyl (C=O) groups is 1. The number of carbonyl (C=O) groups excluding carboxylic acids is 1. The maximum Gasteiger partial charge on any atom is 0.224 e. The lowest BCUT2D eigenvalue weighted by molar-refractivity contribution is -0.121. The number of rotatable bonds is 5. The Bertz CT molecular complexity index is 1010. The van der Waals surface area contributed by atoms with Gasteiger partial charge in [0, 0.05) is 36.6 Å². The zero-order valence-corrected chi connectivity index (χ0v) is 17.6. The number of nitrogens with zero attached hydrogens (tertiary/aromatic N) is 1. The number of aryl methyl sites for hydroxylation is 3. The molecule has 3 aromatic rings. The molecule has 0 atom stereocenters. The van der Waals surface area contributed by atoms with Crippen LogP contribution in [-0.4, -0.2) is 29.9 Å². The van der Waals surface area contributed by atoms with Crippen molar-refractivity contribution in [1.29, 1.82) is 0 Å². The van der Waals surface area contributed by atoms with Gasteiger partial charge in [0.25, 0.3) is 0 Å². The van der Waals surface area contributed by atoms with Crippen molar-refractivity contribution >= 4 is 16.9 Å². The van der Waals surface area contributed by atoms with Crippen molar-refractivity contribution in [2.45, 2.75) is 52.6 Å². The predicted octanol–water partition coefficient (Wildman–Crippen LogP) is 4.68. The lowest BCUT2D eigenvalue weighted by Crippen LogP contribution is -2.44. The Morgan fingerprint density at radius 1 is 1.03 bits per heavy atom. The number of amides is 1. The van der Waals surface area contributed by atoms with E-state index in [1.165, 1.54) is 22.3 Å². The first kappa shape index (κ1) is 19.7. The molecule has 1 amide bonds. The summed E-state index contributed by atoms with van der Waals surface area (Å²) >= 11 is 0. The maximum atomic E-state index is 12.6. The Kier molecular flexibility index (Phi) is 5.72. The molecular weight excluding hydrogens is 360 g/mol. The molecule has 1 N–H and O–H groups in total. The van der Waals surface area contributed by atoms with Gasteiger partial charge in [-0.05, 0) is 68.0 Å². The molecule has 4 nitrogen and oxygen atoms in total. The Morgan fingerprint density at radius 2 is 1.76 bits per heavy atom. The molecule has 4 heteroatoms. The van der Waals surface area contributed by atoms with Crippen LogP contribution in [0.5, 0.6) is 0 Å². The van der Waals surface area contributed by atoms with Crippen LogP contribution in [0.4, 0.5) is 0 Å². The van der Waals surface area contributed by atoms with Gasteiger partial charge in [-0.25, -0.2) is 0 Å². The molecule has 4 rings (SSSR count). The summed E-state index contributed by atoms with van der Waals surface area (Å²) in [4.78, 5) is 15.1. The summed E-state index contributed by atoms with van der Waals surface area (Å²) in [5.74, 6) is 0.0864. The molecule has 0 spiro atoms. The van der Waals surface area contributed by atoms with E-state index in [2.05, 4.69) is 67.4 Å². The Morgan fingerprint density at radius 3 is 2.52 bits per heavy atom. The number of hydrogen-bond acceptors (Lipinski definition) is 3. The highest BCUT2D eigenvalue weighted by Crippen LogP contribution is 2.25. The summed E-state index contributed by atoms with van der Waals surface area (Å²) in [5, 5.41) is 4.29. The number of benzene rings is 2. The average molecular weight is 391 g/mol. The van der Waals surface area contributed by atoms with Gasteiger partial charge in [-0.2, -0.15) is 0 Å². The molecule has 1 saturated heterocycles. The summed E-state index contributed by atoms with van der Waals surface area (Å²) in [6, 6.07) is 13.0. The van der Waals surface area contributed by atoms with Crippen LogP contribution >= 0.6 is 0 Å². The first-order chi connectivity index (χ1) is 14.0. The second kappa shape index (κ2) is 8.42. The van der Waals surface area contributed by atoms with E-state index in [1.54, 1.807) is 6.26 Å². The smallest absolute Gasteiger partial charge is 0.224 e. The van der Waals surface area contributed by atoms with Gasteiger partial charge in [0.1, 0.15) is 5.58 Å². The van der Waals surface area contributed by atoms with Crippen molar-refractivity contribution in [2.24, 2.45) is 0 Å². The van der Waals surface area contributed by atoms with Crippen molar-refractivity contribution in [3.63, 3.8) is 0 Å². The van der Waals surface area contributed by atoms with Crippen molar-refractivity contribution in [3.05, 3.63) is 70.5 Å². The van der Waals surface area contributed by atoms with E-state index >= 15 is 0 Å². The van der Waals surface area contributed by atoms with Crippen molar-refractivity contribution in [3.8, 4) is 0 Å². The first-order valence-electron chi connectivity index (χ1n) is 10.5. The fraction of sp³-hybridized carbons (Fsp3) is 0.400. The number of piperidine rings is 1. The second-order valence-corrected chi connectivity index (χ2v) is 8.41. The molecule has 0 unspecified atom stereocenters. The van der Waals surface area contributed by atoms with E-state index in [9.17, 15) is 4.79 Å². The van der Waals surface area contributed by atoms with E-state index < -0.39 is 0 Å². The monoisotopic (exact) mass is 390 g/mol. The minimum Gasteiger partial charge on any atom is -0.464 e. The van der Waals surface area contributed by atoms with Gasteiger partial charge in [-0.1, -0.05) is 24.3 Å². The Labute approximate surface area is 172 Å². The van der Waals surface area contributed by atoms with Crippen LogP contribution in [-0.2, 0) is 17.8 Å². The van der Waals surface area contributed by atoms with Crippen LogP contribution in [0, 0.1) is 20.8 Å². The summed E-state index contributed by atoms with van der Waals surface area (Å²) in [6.45, 7) is 9.38. The van der Waals surface area contributed by atoms with Crippen LogP contribution in [0.15, 0.2) is 47.1 Å². The third-order valence-electron chi connectivity index (χ3n) is 6.23. The molecule has 1 aromatic heterocycles. The van der Waals surface area contributed by atoms with Gasteiger partial charge in [0.2, 0.25) is 5.91 Å². The van der Waals surface area contributed by atoms with Crippen LogP contribution in [0.1, 0.15) is 40.7 Å². The number of fused-ring (bicyclic) bond motifs is 1. The molecule has 1 fully saturated rings. The number of nitrogens with one attached hydrogen (secondary N) is 1. The Hall–Kier alpha value is -2.59. The molecule has 1 aliphatic heterocycles. The standard InChI is InChI=1S/C25H30N2O2/c1-17-6-4-5-7-20(17)15-27-10-8-22(9-11-27)26-25(28)14-21-16-29-24-13-19(3)18(2)12-23(21)24/h4-7,12-13,16,22H,8-11,14-15H2,1-3H3,(H,26,28). The summed E-state index contributed by atoms with van der Waals surface area (Å²) in [6.07, 6.45) is 4.11. The zero-order valence-electron chi connectivity index (χ0n) is 17.6. The summed E-state index contributed by atoms with van der Waals surface area (Å²) in [7, 11) is 0. The van der Waals surface area contributed by atoms with Crippen LogP contribution < -0.4 is 5.32 Å².